The third-order valence-electron chi connectivity index (χ3n) is 4.82. The molecule has 6 nitrogen and oxygen atoms in total. The molecule has 28 heavy (non-hydrogen) atoms. The molecule has 1 aromatic heterocycles. The summed E-state index contributed by atoms with van der Waals surface area (Å²) in [4.78, 5) is 18.4. The Bertz CT molecular complexity index is 962. The Kier molecular flexibility index (Phi) is 6.32. The molecule has 0 aliphatic heterocycles. The van der Waals surface area contributed by atoms with E-state index in [1.165, 1.54) is 11.0 Å². The van der Waals surface area contributed by atoms with Crippen LogP contribution in [0.5, 0.6) is 0 Å². The van der Waals surface area contributed by atoms with Crippen molar-refractivity contribution in [1.82, 2.24) is 9.88 Å². The molecule has 0 spiro atoms. The minimum Gasteiger partial charge on any atom is -0.309 e. The number of nitrogens with zero attached hydrogens (tertiary/aromatic N) is 2. The Labute approximate surface area is 165 Å². The molecule has 146 valence electrons. The number of sulfone groups is 1. The smallest absolute Gasteiger partial charge is 0.309 e. The van der Waals surface area contributed by atoms with Crippen LogP contribution < -0.4 is 5.32 Å². The first kappa shape index (κ1) is 19.9. The Hall–Kier alpha value is -2.85. The first-order valence-corrected chi connectivity index (χ1v) is 10.8. The van der Waals surface area contributed by atoms with Gasteiger partial charge in [-0.1, -0.05) is 30.9 Å². The number of carbonyl (C=O) groups is 1. The molecule has 0 saturated heterocycles. The van der Waals surface area contributed by atoms with E-state index in [2.05, 4.69) is 16.2 Å². The highest BCUT2D eigenvalue weighted by molar-refractivity contribution is 7.92. The summed E-state index contributed by atoms with van der Waals surface area (Å²) < 4.78 is 25.6. The van der Waals surface area contributed by atoms with Crippen molar-refractivity contribution in [3.8, 4) is 12.3 Å². The van der Waals surface area contributed by atoms with Crippen molar-refractivity contribution in [2.24, 2.45) is 0 Å². The number of anilines is 1. The fraction of sp³-hybridized carbons (Fsp3) is 0.333. The third-order valence-corrected chi connectivity index (χ3v) is 7.08. The van der Waals surface area contributed by atoms with E-state index < -0.39 is 15.9 Å². The molecule has 2 amide bonds. The lowest BCUT2D eigenvalue weighted by atomic mass is 10.2. The van der Waals surface area contributed by atoms with Crippen molar-refractivity contribution in [1.29, 1.82) is 0 Å². The topological polar surface area (TPSA) is 79.4 Å². The molecular formula is C21H23N3O3S. The number of carbonyl (C=O) groups excluding carboxylic acids is 1. The van der Waals surface area contributed by atoms with Crippen molar-refractivity contribution in [3.05, 3.63) is 54.4 Å². The van der Waals surface area contributed by atoms with Gasteiger partial charge in [0.05, 0.1) is 16.7 Å². The summed E-state index contributed by atoms with van der Waals surface area (Å²) in [5, 5.41) is 2.43. The van der Waals surface area contributed by atoms with Gasteiger partial charge in [0.15, 0.2) is 9.84 Å². The predicted octanol–water partition coefficient (Wildman–Crippen LogP) is 3.47. The SMILES string of the molecule is C#CCN(Cc1cccnc1)C(=O)Nc1cccc(S(=O)(=O)C2CCCC2)c1. The zero-order chi connectivity index (χ0) is 20.0. The molecule has 1 fully saturated rings. The number of terminal acetylenes is 1. The summed E-state index contributed by atoms with van der Waals surface area (Å²) in [6.45, 7) is 0.435. The predicted molar refractivity (Wildman–Crippen MR) is 108 cm³/mol. The summed E-state index contributed by atoms with van der Waals surface area (Å²) in [6, 6.07) is 9.67. The van der Waals surface area contributed by atoms with E-state index in [4.69, 9.17) is 6.42 Å². The van der Waals surface area contributed by atoms with Crippen molar-refractivity contribution < 1.29 is 13.2 Å². The highest BCUT2D eigenvalue weighted by atomic mass is 32.2. The summed E-state index contributed by atoms with van der Waals surface area (Å²) in [5.41, 5.74) is 1.28. The van der Waals surface area contributed by atoms with Crippen LogP contribution in [-0.4, -0.2) is 36.1 Å². The van der Waals surface area contributed by atoms with Gasteiger partial charge in [-0.15, -0.1) is 6.42 Å². The van der Waals surface area contributed by atoms with Gasteiger partial charge < -0.3 is 10.2 Å². The number of amides is 2. The molecule has 0 radical (unpaired) electrons. The molecule has 1 aliphatic carbocycles. The van der Waals surface area contributed by atoms with Crippen molar-refractivity contribution in [2.45, 2.75) is 42.4 Å². The third kappa shape index (κ3) is 4.70. The first-order valence-electron chi connectivity index (χ1n) is 9.23. The largest absolute Gasteiger partial charge is 0.322 e. The molecular weight excluding hydrogens is 374 g/mol. The van der Waals surface area contributed by atoms with Gasteiger partial charge in [0, 0.05) is 24.6 Å². The lowest BCUT2D eigenvalue weighted by molar-refractivity contribution is 0.216. The summed E-state index contributed by atoms with van der Waals surface area (Å²) in [5.74, 6) is 2.48. The second-order valence-corrected chi connectivity index (χ2v) is 9.06. The van der Waals surface area contributed by atoms with Gasteiger partial charge in [-0.2, -0.15) is 0 Å². The summed E-state index contributed by atoms with van der Waals surface area (Å²) >= 11 is 0. The van der Waals surface area contributed by atoms with Crippen LogP contribution in [0.3, 0.4) is 0 Å². The lowest BCUT2D eigenvalue weighted by Gasteiger charge is -2.21. The van der Waals surface area contributed by atoms with E-state index in [1.807, 2.05) is 6.07 Å². The van der Waals surface area contributed by atoms with Crippen molar-refractivity contribution in [2.75, 3.05) is 11.9 Å². The minimum atomic E-state index is -3.38. The van der Waals surface area contributed by atoms with Gasteiger partial charge in [0.1, 0.15) is 0 Å². The maximum absolute atomic E-state index is 12.8. The van der Waals surface area contributed by atoms with Crippen LogP contribution >= 0.6 is 0 Å². The Morgan fingerprint density at radius 2 is 2.04 bits per heavy atom. The Balaban J connectivity index is 1.74. The van der Waals surface area contributed by atoms with Gasteiger partial charge in [0.2, 0.25) is 0 Å². The molecule has 0 bridgehead atoms. The van der Waals surface area contributed by atoms with Gasteiger partial charge in [-0.05, 0) is 42.7 Å². The maximum atomic E-state index is 12.8. The molecule has 0 atom stereocenters. The molecule has 2 aromatic rings. The number of hydrogen-bond acceptors (Lipinski definition) is 4. The number of urea groups is 1. The highest BCUT2D eigenvalue weighted by Gasteiger charge is 2.30. The number of hydrogen-bond donors (Lipinski definition) is 1. The van der Waals surface area contributed by atoms with Gasteiger partial charge in [-0.3, -0.25) is 4.98 Å². The first-order chi connectivity index (χ1) is 13.5. The molecule has 0 unspecified atom stereocenters. The van der Waals surface area contributed by atoms with Crippen molar-refractivity contribution in [3.63, 3.8) is 0 Å². The van der Waals surface area contributed by atoms with E-state index in [9.17, 15) is 13.2 Å². The van der Waals surface area contributed by atoms with E-state index in [1.54, 1.807) is 36.7 Å². The van der Waals surface area contributed by atoms with Gasteiger partial charge >= 0.3 is 6.03 Å². The fourth-order valence-electron chi connectivity index (χ4n) is 3.37. The lowest BCUT2D eigenvalue weighted by Crippen LogP contribution is -2.34. The molecule has 1 aliphatic rings. The Morgan fingerprint density at radius 1 is 1.25 bits per heavy atom. The minimum absolute atomic E-state index is 0.126. The molecule has 1 aromatic carbocycles. The number of nitrogens with one attached hydrogen (secondary N) is 1. The summed E-state index contributed by atoms with van der Waals surface area (Å²) in [7, 11) is -3.38. The molecule has 7 heteroatoms. The van der Waals surface area contributed by atoms with E-state index in [-0.39, 0.29) is 16.7 Å². The monoisotopic (exact) mass is 397 g/mol. The Morgan fingerprint density at radius 3 is 2.71 bits per heavy atom. The van der Waals surface area contributed by atoms with Gasteiger partial charge in [0.25, 0.3) is 0 Å². The molecule has 1 heterocycles. The average Bonchev–Trinajstić information content (AvgIpc) is 3.24. The second kappa shape index (κ2) is 8.89. The van der Waals surface area contributed by atoms with E-state index >= 15 is 0 Å². The van der Waals surface area contributed by atoms with Crippen LogP contribution in [0.2, 0.25) is 0 Å². The quantitative estimate of drug-likeness (QED) is 0.757. The van der Waals surface area contributed by atoms with Crippen molar-refractivity contribution >= 4 is 21.6 Å². The maximum Gasteiger partial charge on any atom is 0.322 e. The van der Waals surface area contributed by atoms with Crippen LogP contribution in [-0.2, 0) is 16.4 Å². The molecule has 1 N–H and O–H groups in total. The number of rotatable bonds is 6. The van der Waals surface area contributed by atoms with Crippen LogP contribution in [0, 0.1) is 12.3 Å². The van der Waals surface area contributed by atoms with Crippen LogP contribution in [0.15, 0.2) is 53.7 Å². The molecule has 3 rings (SSSR count). The van der Waals surface area contributed by atoms with Gasteiger partial charge in [-0.25, -0.2) is 13.2 Å². The average molecular weight is 398 g/mol. The normalized spacial score (nSPS) is 14.4. The van der Waals surface area contributed by atoms with E-state index in [0.717, 1.165) is 18.4 Å². The summed E-state index contributed by atoms with van der Waals surface area (Å²) in [6.07, 6.45) is 12.0. The van der Waals surface area contributed by atoms with Crippen LogP contribution in [0.1, 0.15) is 31.2 Å². The second-order valence-electron chi connectivity index (χ2n) is 6.83. The molecule has 1 saturated carbocycles. The number of benzene rings is 1. The zero-order valence-corrected chi connectivity index (χ0v) is 16.4. The standard InChI is InChI=1S/C21H23N3O3S/c1-2-13-24(16-17-7-6-12-22-15-17)21(25)23-18-8-5-11-20(14-18)28(26,27)19-9-3-4-10-19/h1,5-8,11-12,14-15,19H,3-4,9-10,13,16H2,(H,23,25). The van der Waals surface area contributed by atoms with Crippen LogP contribution in [0.25, 0.3) is 0 Å². The van der Waals surface area contributed by atoms with Crippen LogP contribution in [0.4, 0.5) is 10.5 Å². The fourth-order valence-corrected chi connectivity index (χ4v) is 5.26. The highest BCUT2D eigenvalue weighted by Crippen LogP contribution is 2.30. The van der Waals surface area contributed by atoms with E-state index in [0.29, 0.717) is 25.1 Å². The zero-order valence-electron chi connectivity index (χ0n) is 15.5. The number of pyridine rings is 1. The number of aromatic nitrogens is 1.